The van der Waals surface area contributed by atoms with Gasteiger partial charge in [-0.2, -0.15) is 0 Å². The lowest BCUT2D eigenvalue weighted by Crippen LogP contribution is -2.48. The van der Waals surface area contributed by atoms with Crippen LogP contribution in [0.15, 0.2) is 5.38 Å². The molecule has 4 saturated carbocycles. The Balaban J connectivity index is 1.22. The number of hydrogen-bond acceptors (Lipinski definition) is 5. The standard InChI is InChI=1S/C20H30N4OS/c1-23-2-4-24(5-3-23)12-18(25)22-19-21-17(13-26-19)20-9-14-6-15(10-20)8-16(7-14)11-20/h13-16H,2-12H2,1H3,(H,21,22,25). The van der Waals surface area contributed by atoms with Crippen molar-refractivity contribution in [2.75, 3.05) is 45.1 Å². The van der Waals surface area contributed by atoms with Gasteiger partial charge in [0.05, 0.1) is 12.2 Å². The van der Waals surface area contributed by atoms with Gasteiger partial charge in [0.25, 0.3) is 0 Å². The lowest BCUT2D eigenvalue weighted by Gasteiger charge is -2.56. The number of anilines is 1. The number of hydrogen-bond donors (Lipinski definition) is 1. The molecule has 0 aromatic carbocycles. The Morgan fingerprint density at radius 3 is 2.38 bits per heavy atom. The van der Waals surface area contributed by atoms with Crippen LogP contribution < -0.4 is 5.32 Å². The van der Waals surface area contributed by atoms with Crippen molar-refractivity contribution < 1.29 is 4.79 Å². The maximum absolute atomic E-state index is 12.4. The minimum absolute atomic E-state index is 0.0842. The van der Waals surface area contributed by atoms with Crippen LogP contribution in [0.3, 0.4) is 0 Å². The van der Waals surface area contributed by atoms with Crippen molar-refractivity contribution in [3.05, 3.63) is 11.1 Å². The normalized spacial score (nSPS) is 37.2. The second-order valence-corrected chi connectivity index (χ2v) is 10.2. The number of thiazole rings is 1. The fraction of sp³-hybridized carbons (Fsp3) is 0.800. The Bertz CT molecular complexity index is 644. The van der Waals surface area contributed by atoms with E-state index in [0.29, 0.717) is 12.0 Å². The zero-order valence-electron chi connectivity index (χ0n) is 15.7. The molecule has 5 aliphatic rings. The van der Waals surface area contributed by atoms with Gasteiger partial charge in [0.2, 0.25) is 5.91 Å². The van der Waals surface area contributed by atoms with Gasteiger partial charge in [-0.3, -0.25) is 9.69 Å². The average molecular weight is 375 g/mol. The van der Waals surface area contributed by atoms with E-state index in [2.05, 4.69) is 27.5 Å². The van der Waals surface area contributed by atoms with Gasteiger partial charge in [-0.25, -0.2) is 4.98 Å². The van der Waals surface area contributed by atoms with Crippen molar-refractivity contribution in [2.24, 2.45) is 17.8 Å². The molecular weight excluding hydrogens is 344 g/mol. The highest BCUT2D eigenvalue weighted by molar-refractivity contribution is 7.13. The third kappa shape index (κ3) is 3.20. The summed E-state index contributed by atoms with van der Waals surface area (Å²) in [6.07, 6.45) is 8.36. The first-order valence-electron chi connectivity index (χ1n) is 10.2. The third-order valence-corrected chi connectivity index (χ3v) is 8.05. The Hall–Kier alpha value is -0.980. The largest absolute Gasteiger partial charge is 0.304 e. The number of amides is 1. The molecular formula is C20H30N4OS. The van der Waals surface area contributed by atoms with Gasteiger partial charge in [-0.05, 0) is 63.3 Å². The minimum atomic E-state index is 0.0842. The first-order chi connectivity index (χ1) is 12.6. The van der Waals surface area contributed by atoms with Crippen LogP contribution in [0.25, 0.3) is 0 Å². The second kappa shape index (κ2) is 6.57. The Labute approximate surface area is 160 Å². The van der Waals surface area contributed by atoms with E-state index in [1.807, 2.05) is 0 Å². The Kier molecular flexibility index (Phi) is 4.33. The topological polar surface area (TPSA) is 48.5 Å². The van der Waals surface area contributed by atoms with Crippen molar-refractivity contribution >= 4 is 22.4 Å². The number of nitrogens with zero attached hydrogens (tertiary/aromatic N) is 3. The third-order valence-electron chi connectivity index (χ3n) is 7.30. The summed E-state index contributed by atoms with van der Waals surface area (Å²) in [6.45, 7) is 4.52. The summed E-state index contributed by atoms with van der Waals surface area (Å²) in [4.78, 5) is 21.9. The molecule has 0 radical (unpaired) electrons. The number of aromatic nitrogens is 1. The van der Waals surface area contributed by atoms with E-state index < -0.39 is 0 Å². The van der Waals surface area contributed by atoms with Crippen LogP contribution in [-0.2, 0) is 10.2 Å². The molecule has 1 aromatic rings. The van der Waals surface area contributed by atoms with Crippen molar-refractivity contribution in [3.8, 4) is 0 Å². The molecule has 142 valence electrons. The van der Waals surface area contributed by atoms with E-state index in [9.17, 15) is 4.79 Å². The van der Waals surface area contributed by atoms with E-state index in [1.54, 1.807) is 11.3 Å². The van der Waals surface area contributed by atoms with E-state index >= 15 is 0 Å². The van der Waals surface area contributed by atoms with Crippen LogP contribution in [0.2, 0.25) is 0 Å². The molecule has 1 aromatic heterocycles. The Morgan fingerprint density at radius 2 is 1.77 bits per heavy atom. The summed E-state index contributed by atoms with van der Waals surface area (Å²) >= 11 is 1.62. The molecule has 0 spiro atoms. The van der Waals surface area contributed by atoms with E-state index in [0.717, 1.165) is 49.1 Å². The van der Waals surface area contributed by atoms with Crippen LogP contribution in [0.1, 0.15) is 44.2 Å². The van der Waals surface area contributed by atoms with Crippen LogP contribution in [0.5, 0.6) is 0 Å². The zero-order valence-corrected chi connectivity index (χ0v) is 16.6. The highest BCUT2D eigenvalue weighted by Gasteiger charge is 2.52. The molecule has 1 N–H and O–H groups in total. The molecule has 0 unspecified atom stereocenters. The van der Waals surface area contributed by atoms with Gasteiger partial charge in [0.15, 0.2) is 5.13 Å². The van der Waals surface area contributed by atoms with Gasteiger partial charge < -0.3 is 10.2 Å². The van der Waals surface area contributed by atoms with Crippen molar-refractivity contribution in [1.29, 1.82) is 0 Å². The van der Waals surface area contributed by atoms with E-state index in [1.165, 1.54) is 44.2 Å². The molecule has 6 heteroatoms. The van der Waals surface area contributed by atoms with Gasteiger partial charge in [-0.15, -0.1) is 11.3 Å². The number of piperazine rings is 1. The fourth-order valence-corrected chi connectivity index (χ4v) is 7.22. The SMILES string of the molecule is CN1CCN(CC(=O)Nc2nc(C34CC5CC(CC(C5)C3)C4)cs2)CC1. The maximum atomic E-state index is 12.4. The summed E-state index contributed by atoms with van der Waals surface area (Å²) < 4.78 is 0. The molecule has 2 heterocycles. The fourth-order valence-electron chi connectivity index (χ4n) is 6.37. The van der Waals surface area contributed by atoms with Crippen molar-refractivity contribution in [2.45, 2.75) is 43.9 Å². The summed E-state index contributed by atoms with van der Waals surface area (Å²) in [6, 6.07) is 0. The minimum Gasteiger partial charge on any atom is -0.304 e. The Morgan fingerprint density at radius 1 is 1.15 bits per heavy atom. The number of carbonyl (C=O) groups excluding carboxylic acids is 1. The average Bonchev–Trinajstić information content (AvgIpc) is 3.05. The maximum Gasteiger partial charge on any atom is 0.240 e. The summed E-state index contributed by atoms with van der Waals surface area (Å²) in [5.74, 6) is 2.87. The number of nitrogens with one attached hydrogen (secondary N) is 1. The molecule has 4 bridgehead atoms. The smallest absolute Gasteiger partial charge is 0.240 e. The molecule has 0 atom stereocenters. The predicted molar refractivity (Wildman–Crippen MR) is 105 cm³/mol. The summed E-state index contributed by atoms with van der Waals surface area (Å²) in [5.41, 5.74) is 1.60. The quantitative estimate of drug-likeness (QED) is 0.880. The molecule has 5 fully saturated rings. The predicted octanol–water partition coefficient (Wildman–Crippen LogP) is 2.80. The molecule has 1 saturated heterocycles. The first-order valence-corrected chi connectivity index (χ1v) is 11.1. The lowest BCUT2D eigenvalue weighted by atomic mass is 9.49. The monoisotopic (exact) mass is 374 g/mol. The first kappa shape index (κ1) is 17.1. The molecule has 6 rings (SSSR count). The lowest BCUT2D eigenvalue weighted by molar-refractivity contribution is -0.117. The molecule has 1 aliphatic heterocycles. The van der Waals surface area contributed by atoms with Gasteiger partial charge >= 0.3 is 0 Å². The second-order valence-electron chi connectivity index (χ2n) is 9.36. The molecule has 1 amide bonds. The number of rotatable bonds is 4. The van der Waals surface area contributed by atoms with Crippen LogP contribution in [-0.4, -0.2) is 60.5 Å². The van der Waals surface area contributed by atoms with Crippen LogP contribution in [0.4, 0.5) is 5.13 Å². The number of likely N-dealkylation sites (N-methyl/N-ethyl adjacent to an activating group) is 1. The van der Waals surface area contributed by atoms with E-state index in [-0.39, 0.29) is 5.91 Å². The summed E-state index contributed by atoms with van der Waals surface area (Å²) in [5, 5.41) is 6.10. The highest BCUT2D eigenvalue weighted by atomic mass is 32.1. The van der Waals surface area contributed by atoms with E-state index in [4.69, 9.17) is 4.98 Å². The van der Waals surface area contributed by atoms with Gasteiger partial charge in [-0.1, -0.05) is 0 Å². The van der Waals surface area contributed by atoms with Gasteiger partial charge in [0, 0.05) is 37.0 Å². The van der Waals surface area contributed by atoms with Crippen molar-refractivity contribution in [1.82, 2.24) is 14.8 Å². The molecule has 26 heavy (non-hydrogen) atoms. The molecule has 5 nitrogen and oxygen atoms in total. The highest BCUT2D eigenvalue weighted by Crippen LogP contribution is 2.60. The number of carbonyl (C=O) groups is 1. The van der Waals surface area contributed by atoms with Crippen LogP contribution in [0, 0.1) is 17.8 Å². The van der Waals surface area contributed by atoms with Crippen LogP contribution >= 0.6 is 11.3 Å². The zero-order chi connectivity index (χ0) is 17.7. The summed E-state index contributed by atoms with van der Waals surface area (Å²) in [7, 11) is 2.14. The van der Waals surface area contributed by atoms with Crippen molar-refractivity contribution in [3.63, 3.8) is 0 Å². The molecule has 4 aliphatic carbocycles. The van der Waals surface area contributed by atoms with Gasteiger partial charge in [0.1, 0.15) is 0 Å².